The zero-order chi connectivity index (χ0) is 19.1. The van der Waals surface area contributed by atoms with Crippen molar-refractivity contribution in [1.29, 1.82) is 0 Å². The lowest BCUT2D eigenvalue weighted by Crippen LogP contribution is -2.38. The summed E-state index contributed by atoms with van der Waals surface area (Å²) in [6, 6.07) is 6.98. The maximum atomic E-state index is 11.8. The van der Waals surface area contributed by atoms with Crippen LogP contribution in [0, 0.1) is 0 Å². The fourth-order valence-corrected chi connectivity index (χ4v) is 2.49. The summed E-state index contributed by atoms with van der Waals surface area (Å²) in [7, 11) is 0. The topological polar surface area (TPSA) is 122 Å². The molecule has 1 saturated heterocycles. The maximum absolute atomic E-state index is 11.8. The van der Waals surface area contributed by atoms with Gasteiger partial charge in [-0.05, 0) is 28.1 Å². The first kappa shape index (κ1) is 19.6. The number of likely N-dealkylation sites (tertiary alicyclic amines) is 1. The van der Waals surface area contributed by atoms with E-state index in [4.69, 9.17) is 4.74 Å². The molecule has 0 aromatic heterocycles. The zero-order valence-corrected chi connectivity index (χ0v) is 15.2. The highest BCUT2D eigenvalue weighted by atomic mass is 79.9. The van der Waals surface area contributed by atoms with Gasteiger partial charge in [-0.3, -0.25) is 28.9 Å². The van der Waals surface area contributed by atoms with E-state index in [2.05, 4.69) is 26.6 Å². The Morgan fingerprint density at radius 3 is 2.38 bits per heavy atom. The maximum Gasteiger partial charge on any atom is 0.326 e. The van der Waals surface area contributed by atoms with Gasteiger partial charge in [-0.2, -0.15) is 0 Å². The van der Waals surface area contributed by atoms with Crippen LogP contribution in [0.15, 0.2) is 28.7 Å². The monoisotopic (exact) mass is 425 g/mol. The van der Waals surface area contributed by atoms with Crippen LogP contribution in [0.25, 0.3) is 0 Å². The normalized spacial score (nSPS) is 13.5. The number of para-hydroxylation sites is 1. The van der Waals surface area contributed by atoms with E-state index in [9.17, 15) is 24.0 Å². The molecule has 0 saturated carbocycles. The Morgan fingerprint density at radius 2 is 1.73 bits per heavy atom. The highest BCUT2D eigenvalue weighted by Crippen LogP contribution is 2.20. The Balaban J connectivity index is 1.67. The molecule has 1 heterocycles. The number of carbonyl (C=O) groups excluding carboxylic acids is 5. The van der Waals surface area contributed by atoms with Crippen molar-refractivity contribution in [1.82, 2.24) is 10.2 Å². The largest absolute Gasteiger partial charge is 0.454 e. The minimum atomic E-state index is -0.874. The van der Waals surface area contributed by atoms with Crippen molar-refractivity contribution in [2.75, 3.05) is 25.0 Å². The predicted molar refractivity (Wildman–Crippen MR) is 92.7 cm³/mol. The fourth-order valence-electron chi connectivity index (χ4n) is 2.11. The SMILES string of the molecule is O=C(COC(=O)CN1C(=O)CCC1=O)NCC(=O)Nc1ccccc1Br. The van der Waals surface area contributed by atoms with Crippen molar-refractivity contribution in [2.24, 2.45) is 0 Å². The number of hydrogen-bond donors (Lipinski definition) is 2. The second kappa shape index (κ2) is 9.09. The van der Waals surface area contributed by atoms with Gasteiger partial charge >= 0.3 is 5.97 Å². The Bertz CT molecular complexity index is 735. The number of amides is 4. The molecule has 4 amide bonds. The number of halogens is 1. The van der Waals surface area contributed by atoms with Crippen molar-refractivity contribution >= 4 is 51.2 Å². The van der Waals surface area contributed by atoms with E-state index in [1.807, 2.05) is 0 Å². The lowest BCUT2D eigenvalue weighted by Gasteiger charge is -2.12. The number of anilines is 1. The summed E-state index contributed by atoms with van der Waals surface area (Å²) >= 11 is 3.28. The van der Waals surface area contributed by atoms with Gasteiger partial charge in [-0.25, -0.2) is 0 Å². The number of benzene rings is 1. The summed E-state index contributed by atoms with van der Waals surface area (Å²) in [5.41, 5.74) is 0.554. The quantitative estimate of drug-likeness (QED) is 0.475. The van der Waals surface area contributed by atoms with Gasteiger partial charge in [0.15, 0.2) is 6.61 Å². The van der Waals surface area contributed by atoms with Crippen LogP contribution < -0.4 is 10.6 Å². The number of nitrogens with zero attached hydrogens (tertiary/aromatic N) is 1. The summed E-state index contributed by atoms with van der Waals surface area (Å²) in [6.45, 7) is -1.44. The van der Waals surface area contributed by atoms with E-state index < -0.39 is 42.7 Å². The van der Waals surface area contributed by atoms with Crippen LogP contribution in [-0.2, 0) is 28.7 Å². The first-order valence-corrected chi connectivity index (χ1v) is 8.46. The average molecular weight is 426 g/mol. The van der Waals surface area contributed by atoms with Crippen molar-refractivity contribution in [3.63, 3.8) is 0 Å². The Kier molecular flexibility index (Phi) is 6.84. The van der Waals surface area contributed by atoms with E-state index in [-0.39, 0.29) is 19.4 Å². The lowest BCUT2D eigenvalue weighted by atomic mass is 10.3. The van der Waals surface area contributed by atoms with E-state index in [0.717, 1.165) is 4.90 Å². The number of nitrogens with one attached hydrogen (secondary N) is 2. The van der Waals surface area contributed by atoms with Crippen LogP contribution in [0.4, 0.5) is 5.69 Å². The second-order valence-corrected chi connectivity index (χ2v) is 6.19. The van der Waals surface area contributed by atoms with Gasteiger partial charge in [0.1, 0.15) is 6.54 Å². The van der Waals surface area contributed by atoms with Gasteiger partial charge < -0.3 is 15.4 Å². The van der Waals surface area contributed by atoms with Crippen LogP contribution in [0.3, 0.4) is 0 Å². The molecule has 0 unspecified atom stereocenters. The van der Waals surface area contributed by atoms with Gasteiger partial charge in [0.2, 0.25) is 17.7 Å². The van der Waals surface area contributed by atoms with Crippen molar-refractivity contribution < 1.29 is 28.7 Å². The molecule has 1 aromatic rings. The highest BCUT2D eigenvalue weighted by molar-refractivity contribution is 9.10. The number of rotatable bonds is 7. The molecule has 1 aromatic carbocycles. The summed E-state index contributed by atoms with van der Waals surface area (Å²) in [5, 5.41) is 4.90. The molecule has 2 N–H and O–H groups in total. The smallest absolute Gasteiger partial charge is 0.326 e. The molecule has 9 nitrogen and oxygen atoms in total. The minimum Gasteiger partial charge on any atom is -0.454 e. The van der Waals surface area contributed by atoms with Crippen molar-refractivity contribution in [3.8, 4) is 0 Å². The van der Waals surface area contributed by atoms with Crippen LogP contribution in [-0.4, -0.2) is 54.2 Å². The first-order valence-electron chi connectivity index (χ1n) is 7.66. The van der Waals surface area contributed by atoms with E-state index in [1.165, 1.54) is 0 Å². The summed E-state index contributed by atoms with van der Waals surface area (Å²) in [5.74, 6) is -2.90. The van der Waals surface area contributed by atoms with Gasteiger partial charge in [0.25, 0.3) is 5.91 Å². The number of esters is 1. The highest BCUT2D eigenvalue weighted by Gasteiger charge is 2.31. The van der Waals surface area contributed by atoms with Gasteiger partial charge in [0, 0.05) is 17.3 Å². The Morgan fingerprint density at radius 1 is 1.08 bits per heavy atom. The number of ether oxygens (including phenoxy) is 1. The summed E-state index contributed by atoms with van der Waals surface area (Å²) in [6.07, 6.45) is 0.137. The van der Waals surface area contributed by atoms with Crippen molar-refractivity contribution in [3.05, 3.63) is 28.7 Å². The molecule has 2 rings (SSSR count). The minimum absolute atomic E-state index is 0.0687. The van der Waals surface area contributed by atoms with E-state index in [0.29, 0.717) is 10.2 Å². The number of carbonyl (C=O) groups is 5. The third kappa shape index (κ3) is 5.66. The average Bonchev–Trinajstić information content (AvgIpc) is 2.92. The molecule has 0 radical (unpaired) electrons. The van der Waals surface area contributed by atoms with Gasteiger partial charge in [0.05, 0.1) is 12.2 Å². The standard InChI is InChI=1S/C16H16BrN3O6/c17-10-3-1-2-4-11(10)19-12(21)7-18-13(22)9-26-16(25)8-20-14(23)5-6-15(20)24/h1-4H,5-9H2,(H,18,22)(H,19,21). The molecular weight excluding hydrogens is 410 g/mol. The molecule has 0 atom stereocenters. The second-order valence-electron chi connectivity index (χ2n) is 5.34. The number of imide groups is 1. The molecule has 1 aliphatic heterocycles. The predicted octanol–water partition coefficient (Wildman–Crippen LogP) is 0.196. The van der Waals surface area contributed by atoms with Crippen LogP contribution >= 0.6 is 15.9 Å². The van der Waals surface area contributed by atoms with Crippen LogP contribution in [0.1, 0.15) is 12.8 Å². The molecule has 0 aliphatic carbocycles. The molecule has 10 heteroatoms. The van der Waals surface area contributed by atoms with Crippen LogP contribution in [0.2, 0.25) is 0 Å². The number of hydrogen-bond acceptors (Lipinski definition) is 6. The summed E-state index contributed by atoms with van der Waals surface area (Å²) in [4.78, 5) is 58.5. The van der Waals surface area contributed by atoms with Gasteiger partial charge in [-0.1, -0.05) is 12.1 Å². The van der Waals surface area contributed by atoms with Crippen LogP contribution in [0.5, 0.6) is 0 Å². The fraction of sp³-hybridized carbons (Fsp3) is 0.312. The molecule has 0 spiro atoms. The molecular formula is C16H16BrN3O6. The molecule has 1 fully saturated rings. The van der Waals surface area contributed by atoms with Gasteiger partial charge in [-0.15, -0.1) is 0 Å². The molecule has 1 aliphatic rings. The first-order chi connectivity index (χ1) is 12.4. The zero-order valence-electron chi connectivity index (χ0n) is 13.6. The Labute approximate surface area is 157 Å². The van der Waals surface area contributed by atoms with E-state index in [1.54, 1.807) is 24.3 Å². The van der Waals surface area contributed by atoms with E-state index >= 15 is 0 Å². The third-order valence-electron chi connectivity index (χ3n) is 3.40. The lowest BCUT2D eigenvalue weighted by molar-refractivity contribution is -0.154. The third-order valence-corrected chi connectivity index (χ3v) is 4.09. The molecule has 138 valence electrons. The molecule has 0 bridgehead atoms. The molecule has 26 heavy (non-hydrogen) atoms. The van der Waals surface area contributed by atoms with Crippen molar-refractivity contribution in [2.45, 2.75) is 12.8 Å². The summed E-state index contributed by atoms with van der Waals surface area (Å²) < 4.78 is 5.39. The Hall–Kier alpha value is -2.75.